The van der Waals surface area contributed by atoms with Crippen molar-refractivity contribution in [3.05, 3.63) is 22.4 Å². The van der Waals surface area contributed by atoms with Crippen LogP contribution in [-0.4, -0.2) is 35.6 Å². The van der Waals surface area contributed by atoms with Gasteiger partial charge in [-0.25, -0.2) is 4.98 Å². The molecule has 2 aliphatic rings. The first-order valence-electron chi connectivity index (χ1n) is 6.31. The Morgan fingerprint density at radius 1 is 1.44 bits per heavy atom. The van der Waals surface area contributed by atoms with E-state index in [0.717, 1.165) is 12.0 Å². The summed E-state index contributed by atoms with van der Waals surface area (Å²) < 4.78 is 5.80. The van der Waals surface area contributed by atoms with Crippen LogP contribution in [0.25, 0.3) is 0 Å². The summed E-state index contributed by atoms with van der Waals surface area (Å²) in [6.45, 7) is 0.706. The number of aromatic nitrogens is 1. The molecule has 0 N–H and O–H groups in total. The predicted molar refractivity (Wildman–Crippen MR) is 72.4 cm³/mol. The van der Waals surface area contributed by atoms with E-state index in [1.54, 1.807) is 12.3 Å². The highest BCUT2D eigenvalue weighted by molar-refractivity contribution is 6.41. The zero-order valence-corrected chi connectivity index (χ0v) is 11.8. The van der Waals surface area contributed by atoms with Gasteiger partial charge in [0.2, 0.25) is 0 Å². The van der Waals surface area contributed by atoms with Gasteiger partial charge in [0.15, 0.2) is 0 Å². The Labute approximate surface area is 117 Å². The minimum atomic E-state index is 0.320. The first kappa shape index (κ1) is 12.5. The molecule has 0 radical (unpaired) electrons. The van der Waals surface area contributed by atoms with E-state index < -0.39 is 0 Å². The van der Waals surface area contributed by atoms with E-state index in [-0.39, 0.29) is 0 Å². The summed E-state index contributed by atoms with van der Waals surface area (Å²) in [7, 11) is 2.20. The zero-order chi connectivity index (χ0) is 12.7. The Hall–Kier alpha value is -0.510. The first-order chi connectivity index (χ1) is 8.65. The second kappa shape index (κ2) is 4.87. The van der Waals surface area contributed by atoms with Gasteiger partial charge >= 0.3 is 0 Å². The van der Waals surface area contributed by atoms with Crippen molar-refractivity contribution in [3.8, 4) is 5.75 Å². The third-order valence-electron chi connectivity index (χ3n) is 4.28. The SMILES string of the molecule is CN1C2CCC(C2)C1COc1cnc(Cl)c(Cl)c1. The van der Waals surface area contributed by atoms with Gasteiger partial charge in [0.05, 0.1) is 11.2 Å². The lowest BCUT2D eigenvalue weighted by molar-refractivity contribution is 0.118. The van der Waals surface area contributed by atoms with Crippen molar-refractivity contribution in [1.82, 2.24) is 9.88 Å². The monoisotopic (exact) mass is 286 g/mol. The van der Waals surface area contributed by atoms with Crippen LogP contribution < -0.4 is 4.74 Å². The Kier molecular flexibility index (Phi) is 3.39. The maximum Gasteiger partial charge on any atom is 0.147 e. The quantitative estimate of drug-likeness (QED) is 0.798. The lowest BCUT2D eigenvalue weighted by Crippen LogP contribution is -2.41. The van der Waals surface area contributed by atoms with E-state index in [4.69, 9.17) is 27.9 Å². The number of pyridine rings is 1. The van der Waals surface area contributed by atoms with Gasteiger partial charge < -0.3 is 4.74 Å². The number of halogens is 2. The summed E-state index contributed by atoms with van der Waals surface area (Å²) in [5.41, 5.74) is 0. The van der Waals surface area contributed by atoms with Gasteiger partial charge in [0.25, 0.3) is 0 Å². The molecule has 0 amide bonds. The van der Waals surface area contributed by atoms with E-state index in [1.165, 1.54) is 19.3 Å². The predicted octanol–water partition coefficient (Wildman–Crippen LogP) is 3.25. The van der Waals surface area contributed by atoms with Crippen molar-refractivity contribution in [1.29, 1.82) is 0 Å². The van der Waals surface area contributed by atoms with Crippen molar-refractivity contribution in [3.63, 3.8) is 0 Å². The largest absolute Gasteiger partial charge is 0.490 e. The number of rotatable bonds is 3. The molecule has 5 heteroatoms. The van der Waals surface area contributed by atoms with Gasteiger partial charge in [-0.15, -0.1) is 0 Å². The minimum Gasteiger partial charge on any atom is -0.490 e. The third-order valence-corrected chi connectivity index (χ3v) is 4.97. The zero-order valence-electron chi connectivity index (χ0n) is 10.3. The molecule has 1 aromatic rings. The number of piperidine rings is 1. The molecule has 3 atom stereocenters. The van der Waals surface area contributed by atoms with E-state index in [9.17, 15) is 0 Å². The Morgan fingerprint density at radius 2 is 2.28 bits per heavy atom. The summed E-state index contributed by atoms with van der Waals surface area (Å²) in [6.07, 6.45) is 5.63. The molecule has 1 aliphatic heterocycles. The molecule has 1 aromatic heterocycles. The van der Waals surface area contributed by atoms with E-state index >= 15 is 0 Å². The third kappa shape index (κ3) is 2.20. The van der Waals surface area contributed by atoms with Crippen molar-refractivity contribution in [2.45, 2.75) is 31.3 Å². The summed E-state index contributed by atoms with van der Waals surface area (Å²) in [6, 6.07) is 3.01. The van der Waals surface area contributed by atoms with E-state index in [1.807, 2.05) is 0 Å². The molecule has 3 rings (SSSR count). The summed E-state index contributed by atoms with van der Waals surface area (Å²) in [5, 5.41) is 0.761. The highest BCUT2D eigenvalue weighted by Crippen LogP contribution is 2.41. The van der Waals surface area contributed by atoms with Crippen LogP contribution in [0.3, 0.4) is 0 Å². The van der Waals surface area contributed by atoms with Crippen LogP contribution in [0, 0.1) is 5.92 Å². The molecule has 18 heavy (non-hydrogen) atoms. The maximum absolute atomic E-state index is 5.92. The average molecular weight is 287 g/mol. The first-order valence-corrected chi connectivity index (χ1v) is 7.06. The number of fused-ring (bicyclic) bond motifs is 2. The number of hydrogen-bond acceptors (Lipinski definition) is 3. The van der Waals surface area contributed by atoms with E-state index in [2.05, 4.69) is 16.9 Å². The van der Waals surface area contributed by atoms with Gasteiger partial charge in [-0.3, -0.25) is 4.90 Å². The maximum atomic E-state index is 5.92. The highest BCUT2D eigenvalue weighted by atomic mass is 35.5. The Bertz CT molecular complexity index is 453. The van der Waals surface area contributed by atoms with Gasteiger partial charge in [0, 0.05) is 18.2 Å². The molecule has 2 fully saturated rings. The van der Waals surface area contributed by atoms with Crippen LogP contribution in [0.4, 0.5) is 0 Å². The number of likely N-dealkylation sites (tertiary alicyclic amines) is 1. The molecule has 1 saturated carbocycles. The molecule has 0 spiro atoms. The summed E-state index contributed by atoms with van der Waals surface area (Å²) in [5.74, 6) is 1.48. The van der Waals surface area contributed by atoms with Crippen molar-refractivity contribution in [2.24, 2.45) is 5.92 Å². The number of likely N-dealkylation sites (N-methyl/N-ethyl adjacent to an activating group) is 1. The lowest BCUT2D eigenvalue weighted by atomic mass is 10.00. The van der Waals surface area contributed by atoms with E-state index in [0.29, 0.717) is 28.6 Å². The minimum absolute atomic E-state index is 0.320. The summed E-state index contributed by atoms with van der Waals surface area (Å²) >= 11 is 11.7. The smallest absolute Gasteiger partial charge is 0.147 e. The topological polar surface area (TPSA) is 25.4 Å². The molecular formula is C13H16Cl2N2O. The van der Waals surface area contributed by atoms with Crippen LogP contribution in [-0.2, 0) is 0 Å². The van der Waals surface area contributed by atoms with Crippen LogP contribution in [0.5, 0.6) is 5.75 Å². The van der Waals surface area contributed by atoms with Crippen molar-refractivity contribution < 1.29 is 4.74 Å². The molecule has 1 aliphatic carbocycles. The number of hydrogen-bond donors (Lipinski definition) is 0. The van der Waals surface area contributed by atoms with Crippen LogP contribution in [0.15, 0.2) is 12.3 Å². The van der Waals surface area contributed by atoms with Gasteiger partial charge in [-0.1, -0.05) is 23.2 Å². The Morgan fingerprint density at radius 3 is 2.94 bits per heavy atom. The molecular weight excluding hydrogens is 271 g/mol. The number of nitrogens with zero attached hydrogens (tertiary/aromatic N) is 2. The fourth-order valence-corrected chi connectivity index (χ4v) is 3.49. The standard InChI is InChI=1S/C13H16Cl2N2O/c1-17-9-3-2-8(4-9)12(17)7-18-10-5-11(14)13(15)16-6-10/h5-6,8-9,12H,2-4,7H2,1H3. The van der Waals surface area contributed by atoms with Gasteiger partial charge in [0.1, 0.15) is 17.5 Å². The Balaban J connectivity index is 1.62. The molecule has 3 unspecified atom stereocenters. The molecule has 0 aromatic carbocycles. The van der Waals surface area contributed by atoms with Gasteiger partial charge in [-0.2, -0.15) is 0 Å². The normalized spacial score (nSPS) is 30.9. The highest BCUT2D eigenvalue weighted by Gasteiger charge is 2.43. The molecule has 3 nitrogen and oxygen atoms in total. The second-order valence-corrected chi connectivity index (χ2v) is 5.98. The lowest BCUT2D eigenvalue weighted by Gasteiger charge is -2.31. The van der Waals surface area contributed by atoms with Crippen LogP contribution in [0.1, 0.15) is 19.3 Å². The number of ether oxygens (including phenoxy) is 1. The van der Waals surface area contributed by atoms with Crippen molar-refractivity contribution in [2.75, 3.05) is 13.7 Å². The fourth-order valence-electron chi connectivity index (χ4n) is 3.23. The fraction of sp³-hybridized carbons (Fsp3) is 0.615. The average Bonchev–Trinajstić information content (AvgIpc) is 2.92. The second-order valence-electron chi connectivity index (χ2n) is 5.21. The summed E-state index contributed by atoms with van der Waals surface area (Å²) in [4.78, 5) is 6.44. The van der Waals surface area contributed by atoms with Crippen molar-refractivity contribution >= 4 is 23.2 Å². The molecule has 1 saturated heterocycles. The molecule has 98 valence electrons. The van der Waals surface area contributed by atoms with Gasteiger partial charge in [-0.05, 0) is 32.2 Å². The molecule has 2 bridgehead atoms. The van der Waals surface area contributed by atoms with Crippen LogP contribution >= 0.6 is 23.2 Å². The van der Waals surface area contributed by atoms with Crippen LogP contribution in [0.2, 0.25) is 10.2 Å². The molecule has 2 heterocycles.